The molecule has 1 heterocycles. The van der Waals surface area contributed by atoms with Crippen LogP contribution in [0.15, 0.2) is 11.6 Å². The Hall–Kier alpha value is -0.300. The van der Waals surface area contributed by atoms with Gasteiger partial charge in [0.1, 0.15) is 0 Å². The monoisotopic (exact) mass is 205 g/mol. The number of nitrogens with one attached hydrogen (secondary N) is 1. The standard InChI is InChI=1S/C14H23N/c1-2-4-6-14(15-9-5-3-1)13-10-11-7-8-12(11)13/h8,11,13-15H,1-7,9-10H2. The first-order valence-corrected chi connectivity index (χ1v) is 6.88. The summed E-state index contributed by atoms with van der Waals surface area (Å²) in [7, 11) is 0. The van der Waals surface area contributed by atoms with E-state index < -0.39 is 0 Å². The van der Waals surface area contributed by atoms with Crippen LogP contribution >= 0.6 is 0 Å². The van der Waals surface area contributed by atoms with Crippen LogP contribution in [0.25, 0.3) is 0 Å². The van der Waals surface area contributed by atoms with Gasteiger partial charge in [0.25, 0.3) is 0 Å². The van der Waals surface area contributed by atoms with Gasteiger partial charge in [0.05, 0.1) is 0 Å². The van der Waals surface area contributed by atoms with Crippen molar-refractivity contribution in [2.24, 2.45) is 11.8 Å². The van der Waals surface area contributed by atoms with E-state index in [9.17, 15) is 0 Å². The van der Waals surface area contributed by atoms with Crippen molar-refractivity contribution < 1.29 is 0 Å². The van der Waals surface area contributed by atoms with E-state index in [-0.39, 0.29) is 0 Å². The summed E-state index contributed by atoms with van der Waals surface area (Å²) in [5, 5.41) is 3.81. The van der Waals surface area contributed by atoms with Crippen LogP contribution in [0.2, 0.25) is 0 Å². The second-order valence-electron chi connectivity index (χ2n) is 5.60. The van der Waals surface area contributed by atoms with Crippen molar-refractivity contribution >= 4 is 0 Å². The molecule has 1 nitrogen and oxygen atoms in total. The first kappa shape index (κ1) is 9.89. The molecule has 3 unspecified atom stereocenters. The van der Waals surface area contributed by atoms with E-state index in [0.29, 0.717) is 0 Å². The summed E-state index contributed by atoms with van der Waals surface area (Å²) in [6.45, 7) is 1.26. The van der Waals surface area contributed by atoms with Crippen molar-refractivity contribution in [1.29, 1.82) is 0 Å². The van der Waals surface area contributed by atoms with Crippen molar-refractivity contribution in [3.8, 4) is 0 Å². The second kappa shape index (κ2) is 4.29. The summed E-state index contributed by atoms with van der Waals surface area (Å²) in [4.78, 5) is 0. The molecule has 3 rings (SSSR count). The molecular formula is C14H23N. The minimum atomic E-state index is 0.825. The predicted molar refractivity (Wildman–Crippen MR) is 63.8 cm³/mol. The summed E-state index contributed by atoms with van der Waals surface area (Å²) >= 11 is 0. The first-order chi connectivity index (χ1) is 7.45. The Kier molecular flexibility index (Phi) is 2.83. The van der Waals surface area contributed by atoms with E-state index in [1.807, 2.05) is 5.57 Å². The van der Waals surface area contributed by atoms with Gasteiger partial charge in [-0.1, -0.05) is 37.3 Å². The molecule has 1 aliphatic heterocycles. The smallest absolute Gasteiger partial charge is 0.0133 e. The molecule has 0 radical (unpaired) electrons. The van der Waals surface area contributed by atoms with E-state index in [4.69, 9.17) is 0 Å². The molecule has 0 spiro atoms. The van der Waals surface area contributed by atoms with Crippen LogP contribution in [-0.4, -0.2) is 12.6 Å². The van der Waals surface area contributed by atoms with Crippen LogP contribution in [0.3, 0.4) is 0 Å². The molecule has 2 aliphatic carbocycles. The van der Waals surface area contributed by atoms with Crippen LogP contribution in [0, 0.1) is 11.8 Å². The minimum Gasteiger partial charge on any atom is -0.313 e. The van der Waals surface area contributed by atoms with Gasteiger partial charge in [0, 0.05) is 6.04 Å². The Morgan fingerprint density at radius 2 is 1.93 bits per heavy atom. The Bertz CT molecular complexity index is 246. The van der Waals surface area contributed by atoms with Gasteiger partial charge in [-0.3, -0.25) is 0 Å². The zero-order valence-corrected chi connectivity index (χ0v) is 9.67. The SMILES string of the molecule is C1=C2C(C1)CC2C1CCCCCCCN1. The lowest BCUT2D eigenvalue weighted by Gasteiger charge is -2.49. The Morgan fingerprint density at radius 1 is 1.07 bits per heavy atom. The maximum absolute atomic E-state index is 3.81. The molecule has 84 valence electrons. The lowest BCUT2D eigenvalue weighted by Crippen LogP contribution is -2.47. The fourth-order valence-corrected chi connectivity index (χ4v) is 3.54. The Balaban J connectivity index is 1.58. The van der Waals surface area contributed by atoms with Gasteiger partial charge in [0.15, 0.2) is 0 Å². The van der Waals surface area contributed by atoms with Crippen molar-refractivity contribution in [1.82, 2.24) is 5.32 Å². The van der Waals surface area contributed by atoms with Crippen LogP contribution in [0.4, 0.5) is 0 Å². The topological polar surface area (TPSA) is 12.0 Å². The molecule has 3 aliphatic rings. The summed E-state index contributed by atoms with van der Waals surface area (Å²) in [5.41, 5.74) is 1.81. The van der Waals surface area contributed by atoms with Gasteiger partial charge in [-0.15, -0.1) is 0 Å². The zero-order chi connectivity index (χ0) is 10.1. The van der Waals surface area contributed by atoms with Crippen LogP contribution in [0.5, 0.6) is 0 Å². The number of rotatable bonds is 1. The third kappa shape index (κ3) is 1.87. The quantitative estimate of drug-likeness (QED) is 0.648. The highest BCUT2D eigenvalue weighted by molar-refractivity contribution is 5.31. The van der Waals surface area contributed by atoms with Crippen LogP contribution in [-0.2, 0) is 0 Å². The largest absolute Gasteiger partial charge is 0.313 e. The van der Waals surface area contributed by atoms with Gasteiger partial charge in [-0.2, -0.15) is 0 Å². The molecule has 0 aromatic carbocycles. The molecule has 0 amide bonds. The van der Waals surface area contributed by atoms with E-state index in [1.54, 1.807) is 0 Å². The summed E-state index contributed by atoms with van der Waals surface area (Å²) in [6, 6.07) is 0.825. The fraction of sp³-hybridized carbons (Fsp3) is 0.857. The number of hydrogen-bond donors (Lipinski definition) is 1. The van der Waals surface area contributed by atoms with Gasteiger partial charge in [-0.25, -0.2) is 0 Å². The molecule has 1 saturated heterocycles. The molecule has 0 bridgehead atoms. The van der Waals surface area contributed by atoms with Gasteiger partial charge < -0.3 is 5.32 Å². The van der Waals surface area contributed by atoms with Crippen LogP contribution in [0.1, 0.15) is 51.4 Å². The average Bonchev–Trinajstić information content (AvgIpc) is 2.35. The third-order valence-electron chi connectivity index (χ3n) is 4.66. The second-order valence-corrected chi connectivity index (χ2v) is 5.60. The van der Waals surface area contributed by atoms with E-state index in [0.717, 1.165) is 17.9 Å². The van der Waals surface area contributed by atoms with Crippen molar-refractivity contribution in [2.45, 2.75) is 57.4 Å². The normalized spacial score (nSPS) is 41.1. The highest BCUT2D eigenvalue weighted by Crippen LogP contribution is 2.51. The van der Waals surface area contributed by atoms with Crippen molar-refractivity contribution in [3.63, 3.8) is 0 Å². The van der Waals surface area contributed by atoms with E-state index in [2.05, 4.69) is 11.4 Å². The first-order valence-electron chi connectivity index (χ1n) is 6.88. The molecule has 0 aromatic heterocycles. The summed E-state index contributed by atoms with van der Waals surface area (Å²) < 4.78 is 0. The molecule has 2 fully saturated rings. The number of fused-ring (bicyclic) bond motifs is 1. The number of allylic oxidation sites excluding steroid dienone is 1. The van der Waals surface area contributed by atoms with Crippen molar-refractivity contribution in [3.05, 3.63) is 11.6 Å². The maximum Gasteiger partial charge on any atom is 0.0133 e. The fourth-order valence-electron chi connectivity index (χ4n) is 3.54. The molecule has 15 heavy (non-hydrogen) atoms. The predicted octanol–water partition coefficient (Wildman–Crippen LogP) is 3.27. The van der Waals surface area contributed by atoms with E-state index >= 15 is 0 Å². The van der Waals surface area contributed by atoms with Gasteiger partial charge >= 0.3 is 0 Å². The Labute approximate surface area is 93.3 Å². The van der Waals surface area contributed by atoms with E-state index in [1.165, 1.54) is 57.9 Å². The van der Waals surface area contributed by atoms with Crippen LogP contribution < -0.4 is 5.32 Å². The third-order valence-corrected chi connectivity index (χ3v) is 4.66. The number of hydrogen-bond acceptors (Lipinski definition) is 1. The summed E-state index contributed by atoms with van der Waals surface area (Å²) in [5.74, 6) is 1.95. The van der Waals surface area contributed by atoms with Gasteiger partial charge in [-0.05, 0) is 44.1 Å². The lowest BCUT2D eigenvalue weighted by atomic mass is 9.58. The Morgan fingerprint density at radius 3 is 2.67 bits per heavy atom. The molecular weight excluding hydrogens is 182 g/mol. The molecule has 1 saturated carbocycles. The summed E-state index contributed by atoms with van der Waals surface area (Å²) in [6.07, 6.45) is 14.0. The molecule has 1 N–H and O–H groups in total. The lowest BCUT2D eigenvalue weighted by molar-refractivity contribution is 0.206. The maximum atomic E-state index is 3.81. The minimum absolute atomic E-state index is 0.825. The highest BCUT2D eigenvalue weighted by Gasteiger charge is 2.42. The van der Waals surface area contributed by atoms with Crippen molar-refractivity contribution in [2.75, 3.05) is 6.54 Å². The molecule has 3 atom stereocenters. The molecule has 0 aromatic rings. The zero-order valence-electron chi connectivity index (χ0n) is 9.67. The highest BCUT2D eigenvalue weighted by atomic mass is 14.9. The van der Waals surface area contributed by atoms with Gasteiger partial charge in [0.2, 0.25) is 0 Å². The molecule has 1 heteroatoms. The average molecular weight is 205 g/mol.